The third-order valence-electron chi connectivity index (χ3n) is 4.59. The van der Waals surface area contributed by atoms with Gasteiger partial charge in [0.15, 0.2) is 0 Å². The largest absolute Gasteiger partial charge is 0.382 e. The van der Waals surface area contributed by atoms with Crippen LogP contribution in [-0.4, -0.2) is 54.8 Å². The van der Waals surface area contributed by atoms with Gasteiger partial charge in [0, 0.05) is 13.7 Å². The Morgan fingerprint density at radius 1 is 1.19 bits per heavy atom. The van der Waals surface area contributed by atoms with Crippen LogP contribution in [-0.2, 0) is 15.9 Å². The number of methoxy groups -OCH3 is 1. The Morgan fingerprint density at radius 2 is 2.00 bits per heavy atom. The molecule has 6 heteroatoms. The Hall–Kier alpha value is -1.95. The lowest BCUT2D eigenvalue weighted by Crippen LogP contribution is -2.42. The number of amides is 1. The van der Waals surface area contributed by atoms with E-state index in [4.69, 9.17) is 21.1 Å². The first-order valence-electron chi connectivity index (χ1n) is 8.77. The third-order valence-corrected chi connectivity index (χ3v) is 4.80. The Labute approximate surface area is 158 Å². The molecule has 1 saturated heterocycles. The van der Waals surface area contributed by atoms with Crippen molar-refractivity contribution in [1.82, 2.24) is 9.88 Å². The zero-order valence-electron chi connectivity index (χ0n) is 14.8. The highest BCUT2D eigenvalue weighted by Gasteiger charge is 2.38. The number of likely N-dealkylation sites (tertiary alicyclic amines) is 1. The Morgan fingerprint density at radius 3 is 2.73 bits per heavy atom. The number of nitrogens with zero attached hydrogens (tertiary/aromatic N) is 2. The number of carbonyl (C=O) groups is 1. The SMILES string of the molecule is COCCO[C@@H]1CCN(C(=O)c2cccc(Cl)n2)[C@H]1Cc1ccccc1. The van der Waals surface area contributed by atoms with Crippen LogP contribution in [0.3, 0.4) is 0 Å². The van der Waals surface area contributed by atoms with E-state index < -0.39 is 0 Å². The minimum absolute atomic E-state index is 0.0199. The second-order valence-electron chi connectivity index (χ2n) is 6.29. The first kappa shape index (κ1) is 18.8. The average molecular weight is 375 g/mol. The van der Waals surface area contributed by atoms with Gasteiger partial charge < -0.3 is 14.4 Å². The van der Waals surface area contributed by atoms with E-state index in [1.54, 1.807) is 25.3 Å². The van der Waals surface area contributed by atoms with Gasteiger partial charge in [0.05, 0.1) is 25.4 Å². The summed E-state index contributed by atoms with van der Waals surface area (Å²) in [5.74, 6) is -0.105. The van der Waals surface area contributed by atoms with Gasteiger partial charge in [-0.15, -0.1) is 0 Å². The number of carbonyl (C=O) groups excluding carboxylic acids is 1. The second kappa shape index (κ2) is 9.12. The van der Waals surface area contributed by atoms with Crippen LogP contribution in [0.4, 0.5) is 0 Å². The lowest BCUT2D eigenvalue weighted by Gasteiger charge is -2.28. The van der Waals surface area contributed by atoms with Crippen molar-refractivity contribution in [3.05, 3.63) is 64.9 Å². The monoisotopic (exact) mass is 374 g/mol. The minimum atomic E-state index is -0.105. The van der Waals surface area contributed by atoms with Gasteiger partial charge >= 0.3 is 0 Å². The van der Waals surface area contributed by atoms with E-state index in [1.165, 1.54) is 5.56 Å². The average Bonchev–Trinajstić information content (AvgIpc) is 3.05. The Balaban J connectivity index is 1.79. The summed E-state index contributed by atoms with van der Waals surface area (Å²) >= 11 is 5.95. The zero-order valence-corrected chi connectivity index (χ0v) is 15.6. The van der Waals surface area contributed by atoms with E-state index >= 15 is 0 Å². The summed E-state index contributed by atoms with van der Waals surface area (Å²) in [4.78, 5) is 19.0. The predicted octanol–water partition coefficient (Wildman–Crippen LogP) is 3.22. The molecular weight excluding hydrogens is 352 g/mol. The van der Waals surface area contributed by atoms with E-state index in [1.807, 2.05) is 23.1 Å². The van der Waals surface area contributed by atoms with E-state index in [9.17, 15) is 4.79 Å². The third kappa shape index (κ3) is 4.61. The maximum atomic E-state index is 13.0. The molecule has 138 valence electrons. The van der Waals surface area contributed by atoms with Crippen molar-refractivity contribution in [2.24, 2.45) is 0 Å². The van der Waals surface area contributed by atoms with Gasteiger partial charge in [-0.3, -0.25) is 4.79 Å². The van der Waals surface area contributed by atoms with Gasteiger partial charge in [0.1, 0.15) is 10.8 Å². The summed E-state index contributed by atoms with van der Waals surface area (Å²) in [5, 5.41) is 0.322. The van der Waals surface area contributed by atoms with Crippen LogP contribution >= 0.6 is 11.6 Å². The number of hydrogen-bond donors (Lipinski definition) is 0. The number of hydrogen-bond acceptors (Lipinski definition) is 4. The van der Waals surface area contributed by atoms with Gasteiger partial charge in [-0.1, -0.05) is 48.0 Å². The fraction of sp³-hybridized carbons (Fsp3) is 0.400. The minimum Gasteiger partial charge on any atom is -0.382 e. The van der Waals surface area contributed by atoms with Crippen molar-refractivity contribution in [2.75, 3.05) is 26.9 Å². The van der Waals surface area contributed by atoms with Gasteiger partial charge in [-0.25, -0.2) is 4.98 Å². The molecule has 0 spiro atoms. The zero-order chi connectivity index (χ0) is 18.4. The molecule has 0 aliphatic carbocycles. The molecule has 1 aromatic heterocycles. The highest BCUT2D eigenvalue weighted by atomic mass is 35.5. The number of rotatable bonds is 7. The molecule has 2 atom stereocenters. The van der Waals surface area contributed by atoms with Crippen molar-refractivity contribution < 1.29 is 14.3 Å². The van der Waals surface area contributed by atoms with Crippen molar-refractivity contribution in [3.8, 4) is 0 Å². The molecule has 1 aliphatic rings. The van der Waals surface area contributed by atoms with Crippen molar-refractivity contribution >= 4 is 17.5 Å². The molecule has 0 N–H and O–H groups in total. The fourth-order valence-corrected chi connectivity index (χ4v) is 3.49. The highest BCUT2D eigenvalue weighted by molar-refractivity contribution is 6.29. The second-order valence-corrected chi connectivity index (χ2v) is 6.68. The van der Waals surface area contributed by atoms with Crippen molar-refractivity contribution in [1.29, 1.82) is 0 Å². The molecule has 1 aromatic carbocycles. The summed E-state index contributed by atoms with van der Waals surface area (Å²) in [6.07, 6.45) is 1.52. The standard InChI is InChI=1S/C20H23ClN2O3/c1-25-12-13-26-18-10-11-23(17(18)14-15-6-3-2-4-7-15)20(24)16-8-5-9-19(21)22-16/h2-9,17-18H,10-14H2,1H3/t17-,18+/m0/s1. The molecule has 1 fully saturated rings. The number of halogens is 1. The molecule has 3 rings (SSSR count). The van der Waals surface area contributed by atoms with Crippen LogP contribution in [0, 0.1) is 0 Å². The van der Waals surface area contributed by atoms with Crippen molar-refractivity contribution in [3.63, 3.8) is 0 Å². The van der Waals surface area contributed by atoms with E-state index in [0.717, 1.165) is 12.8 Å². The molecule has 2 heterocycles. The number of benzene rings is 1. The van der Waals surface area contributed by atoms with E-state index in [-0.39, 0.29) is 18.1 Å². The van der Waals surface area contributed by atoms with Crippen LogP contribution < -0.4 is 0 Å². The summed E-state index contributed by atoms with van der Waals surface area (Å²) in [6, 6.07) is 15.2. The van der Waals surface area contributed by atoms with Crippen LogP contribution in [0.15, 0.2) is 48.5 Å². The van der Waals surface area contributed by atoms with Crippen LogP contribution in [0.2, 0.25) is 5.15 Å². The Kier molecular flexibility index (Phi) is 6.61. The molecule has 1 amide bonds. The predicted molar refractivity (Wildman–Crippen MR) is 100 cm³/mol. The van der Waals surface area contributed by atoms with E-state index in [2.05, 4.69) is 17.1 Å². The topological polar surface area (TPSA) is 51.7 Å². The molecule has 5 nitrogen and oxygen atoms in total. The van der Waals surface area contributed by atoms with Crippen molar-refractivity contribution in [2.45, 2.75) is 25.0 Å². The molecule has 0 bridgehead atoms. The maximum absolute atomic E-state index is 13.0. The molecule has 0 radical (unpaired) electrons. The summed E-state index contributed by atoms with van der Waals surface area (Å²) < 4.78 is 11.1. The number of ether oxygens (including phenoxy) is 2. The lowest BCUT2D eigenvalue weighted by molar-refractivity contribution is 0.000420. The summed E-state index contributed by atoms with van der Waals surface area (Å²) in [6.45, 7) is 1.70. The van der Waals surface area contributed by atoms with Gasteiger partial charge in [0.2, 0.25) is 0 Å². The highest BCUT2D eigenvalue weighted by Crippen LogP contribution is 2.26. The van der Waals surface area contributed by atoms with Gasteiger partial charge in [-0.05, 0) is 30.5 Å². The van der Waals surface area contributed by atoms with Crippen LogP contribution in [0.25, 0.3) is 0 Å². The summed E-state index contributed by atoms with van der Waals surface area (Å²) in [5.41, 5.74) is 1.55. The normalized spacial score (nSPS) is 19.7. The molecule has 0 saturated carbocycles. The van der Waals surface area contributed by atoms with Gasteiger partial charge in [0.25, 0.3) is 5.91 Å². The first-order valence-corrected chi connectivity index (χ1v) is 9.15. The Bertz CT molecular complexity index is 726. The lowest BCUT2D eigenvalue weighted by atomic mass is 10.0. The molecule has 1 aliphatic heterocycles. The fourth-order valence-electron chi connectivity index (χ4n) is 3.33. The molecular formula is C20H23ClN2O3. The number of pyridine rings is 1. The first-order chi connectivity index (χ1) is 12.7. The smallest absolute Gasteiger partial charge is 0.272 e. The number of aromatic nitrogens is 1. The quantitative estimate of drug-likeness (QED) is 0.551. The van der Waals surface area contributed by atoms with Crippen LogP contribution in [0.5, 0.6) is 0 Å². The molecule has 26 heavy (non-hydrogen) atoms. The van der Waals surface area contributed by atoms with E-state index in [0.29, 0.717) is 30.6 Å². The molecule has 2 aromatic rings. The van der Waals surface area contributed by atoms with Crippen LogP contribution in [0.1, 0.15) is 22.5 Å². The maximum Gasteiger partial charge on any atom is 0.272 e. The summed E-state index contributed by atoms with van der Waals surface area (Å²) in [7, 11) is 1.65. The van der Waals surface area contributed by atoms with Gasteiger partial charge in [-0.2, -0.15) is 0 Å². The molecule has 0 unspecified atom stereocenters.